The summed E-state index contributed by atoms with van der Waals surface area (Å²) in [5.74, 6) is 1.38. The Labute approximate surface area is 165 Å². The molecule has 0 aliphatic rings. The minimum absolute atomic E-state index is 0. The SMILES string of the molecule is CN=C(NCCc1ccc(F)cc1C)NCc1cccc(OC)c1.I. The van der Waals surface area contributed by atoms with Crippen LogP contribution in [0, 0.1) is 12.7 Å². The zero-order chi connectivity index (χ0) is 17.4. The third-order valence-corrected chi connectivity index (χ3v) is 3.81. The largest absolute Gasteiger partial charge is 0.497 e. The highest BCUT2D eigenvalue weighted by atomic mass is 127. The molecular weight excluding hydrogens is 432 g/mol. The van der Waals surface area contributed by atoms with Crippen LogP contribution in [0.4, 0.5) is 4.39 Å². The van der Waals surface area contributed by atoms with Crippen molar-refractivity contribution in [2.75, 3.05) is 20.7 Å². The van der Waals surface area contributed by atoms with Crippen LogP contribution in [-0.2, 0) is 13.0 Å². The summed E-state index contributed by atoms with van der Waals surface area (Å²) in [6, 6.07) is 12.8. The number of guanidine groups is 1. The Balaban J connectivity index is 0.00000312. The van der Waals surface area contributed by atoms with Crippen LogP contribution in [-0.4, -0.2) is 26.7 Å². The number of nitrogens with one attached hydrogen (secondary N) is 2. The van der Waals surface area contributed by atoms with Crippen LogP contribution in [0.5, 0.6) is 5.75 Å². The quantitative estimate of drug-likeness (QED) is 0.396. The first kappa shape index (κ1) is 21.2. The van der Waals surface area contributed by atoms with E-state index in [9.17, 15) is 4.39 Å². The molecule has 2 N–H and O–H groups in total. The van der Waals surface area contributed by atoms with Crippen molar-refractivity contribution in [1.29, 1.82) is 0 Å². The number of rotatable bonds is 6. The maximum absolute atomic E-state index is 13.1. The molecule has 2 rings (SSSR count). The van der Waals surface area contributed by atoms with Gasteiger partial charge in [0.25, 0.3) is 0 Å². The van der Waals surface area contributed by atoms with Crippen molar-refractivity contribution in [3.8, 4) is 5.75 Å². The van der Waals surface area contributed by atoms with Crippen molar-refractivity contribution in [1.82, 2.24) is 10.6 Å². The van der Waals surface area contributed by atoms with Crippen molar-refractivity contribution in [3.05, 3.63) is 65.0 Å². The molecule has 0 unspecified atom stereocenters. The fraction of sp³-hybridized carbons (Fsp3) is 0.316. The van der Waals surface area contributed by atoms with Crippen molar-refractivity contribution in [2.24, 2.45) is 4.99 Å². The molecule has 25 heavy (non-hydrogen) atoms. The lowest BCUT2D eigenvalue weighted by Crippen LogP contribution is -2.37. The van der Waals surface area contributed by atoms with Crippen molar-refractivity contribution in [3.63, 3.8) is 0 Å². The van der Waals surface area contributed by atoms with Gasteiger partial charge in [0.05, 0.1) is 7.11 Å². The maximum Gasteiger partial charge on any atom is 0.191 e. The lowest BCUT2D eigenvalue weighted by molar-refractivity contribution is 0.414. The summed E-state index contributed by atoms with van der Waals surface area (Å²) in [6.07, 6.45) is 0.811. The summed E-state index contributed by atoms with van der Waals surface area (Å²) in [4.78, 5) is 4.22. The topological polar surface area (TPSA) is 45.7 Å². The minimum Gasteiger partial charge on any atom is -0.497 e. The molecular formula is C19H25FIN3O. The molecule has 0 heterocycles. The van der Waals surface area contributed by atoms with Gasteiger partial charge in [-0.25, -0.2) is 4.39 Å². The Morgan fingerprint density at radius 2 is 1.96 bits per heavy atom. The molecule has 0 aliphatic carbocycles. The van der Waals surface area contributed by atoms with Gasteiger partial charge in [0.1, 0.15) is 11.6 Å². The predicted octanol–water partition coefficient (Wildman–Crippen LogP) is 3.67. The number of benzene rings is 2. The highest BCUT2D eigenvalue weighted by Crippen LogP contribution is 2.12. The van der Waals surface area contributed by atoms with Gasteiger partial charge in [0.2, 0.25) is 0 Å². The number of aliphatic imine (C=N–C) groups is 1. The average Bonchev–Trinajstić information content (AvgIpc) is 2.59. The average molecular weight is 457 g/mol. The number of hydrogen-bond donors (Lipinski definition) is 2. The first-order chi connectivity index (χ1) is 11.6. The Kier molecular flexibility index (Phi) is 9.26. The van der Waals surface area contributed by atoms with Crippen LogP contribution in [0.3, 0.4) is 0 Å². The van der Waals surface area contributed by atoms with Crippen LogP contribution in [0.1, 0.15) is 16.7 Å². The molecule has 2 aromatic carbocycles. The molecule has 0 fully saturated rings. The van der Waals surface area contributed by atoms with Crippen molar-refractivity contribution < 1.29 is 9.13 Å². The molecule has 0 saturated carbocycles. The zero-order valence-electron chi connectivity index (χ0n) is 14.8. The number of nitrogens with zero attached hydrogens (tertiary/aromatic N) is 1. The second-order valence-corrected chi connectivity index (χ2v) is 5.52. The van der Waals surface area contributed by atoms with Crippen LogP contribution in [0.2, 0.25) is 0 Å². The zero-order valence-corrected chi connectivity index (χ0v) is 17.1. The van der Waals surface area contributed by atoms with E-state index in [0.717, 1.165) is 41.4 Å². The Morgan fingerprint density at radius 1 is 1.16 bits per heavy atom. The second-order valence-electron chi connectivity index (χ2n) is 5.52. The van der Waals surface area contributed by atoms with Gasteiger partial charge in [-0.1, -0.05) is 18.2 Å². The highest BCUT2D eigenvalue weighted by molar-refractivity contribution is 14.0. The van der Waals surface area contributed by atoms with Crippen LogP contribution < -0.4 is 15.4 Å². The molecule has 0 spiro atoms. The van der Waals surface area contributed by atoms with Crippen LogP contribution >= 0.6 is 24.0 Å². The van der Waals surface area contributed by atoms with E-state index in [-0.39, 0.29) is 29.8 Å². The van der Waals surface area contributed by atoms with Gasteiger partial charge in [-0.05, 0) is 54.3 Å². The van der Waals surface area contributed by atoms with Gasteiger partial charge in [-0.3, -0.25) is 4.99 Å². The molecule has 0 aromatic heterocycles. The molecule has 0 amide bonds. The lowest BCUT2D eigenvalue weighted by atomic mass is 10.1. The third-order valence-electron chi connectivity index (χ3n) is 3.81. The summed E-state index contributed by atoms with van der Waals surface area (Å²) in [5, 5.41) is 6.54. The van der Waals surface area contributed by atoms with Crippen LogP contribution in [0.15, 0.2) is 47.5 Å². The molecule has 0 bridgehead atoms. The van der Waals surface area contributed by atoms with E-state index in [1.54, 1.807) is 20.2 Å². The number of hydrogen-bond acceptors (Lipinski definition) is 2. The van der Waals surface area contributed by atoms with Gasteiger partial charge in [0.15, 0.2) is 5.96 Å². The second kappa shape index (κ2) is 10.9. The fourth-order valence-corrected chi connectivity index (χ4v) is 2.44. The van der Waals surface area contributed by atoms with Gasteiger partial charge in [-0.2, -0.15) is 0 Å². The summed E-state index contributed by atoms with van der Waals surface area (Å²) in [6.45, 7) is 3.31. The monoisotopic (exact) mass is 457 g/mol. The molecule has 6 heteroatoms. The lowest BCUT2D eigenvalue weighted by Gasteiger charge is -2.13. The minimum atomic E-state index is -0.194. The van der Waals surface area contributed by atoms with E-state index >= 15 is 0 Å². The Hall–Kier alpha value is -1.83. The van der Waals surface area contributed by atoms with Gasteiger partial charge in [0, 0.05) is 20.1 Å². The van der Waals surface area contributed by atoms with Crippen molar-refractivity contribution in [2.45, 2.75) is 19.9 Å². The fourth-order valence-electron chi connectivity index (χ4n) is 2.44. The highest BCUT2D eigenvalue weighted by Gasteiger charge is 2.02. The van der Waals surface area contributed by atoms with E-state index in [1.807, 2.05) is 37.3 Å². The molecule has 136 valence electrons. The third kappa shape index (κ3) is 6.89. The van der Waals surface area contributed by atoms with E-state index in [4.69, 9.17) is 4.74 Å². The van der Waals surface area contributed by atoms with Gasteiger partial charge >= 0.3 is 0 Å². The summed E-state index contributed by atoms with van der Waals surface area (Å²) in [5.41, 5.74) is 3.22. The first-order valence-corrected chi connectivity index (χ1v) is 7.95. The number of ether oxygens (including phenoxy) is 1. The standard InChI is InChI=1S/C19H24FN3O.HI/c1-14-11-17(20)8-7-16(14)9-10-22-19(21-2)23-13-15-5-4-6-18(12-15)24-3;/h4-8,11-12H,9-10,13H2,1-3H3,(H2,21,22,23);1H. The molecule has 0 saturated heterocycles. The smallest absolute Gasteiger partial charge is 0.191 e. The number of halogens is 2. The summed E-state index contributed by atoms with van der Waals surface area (Å²) in [7, 11) is 3.40. The number of methoxy groups -OCH3 is 1. The summed E-state index contributed by atoms with van der Waals surface area (Å²) >= 11 is 0. The first-order valence-electron chi connectivity index (χ1n) is 7.95. The summed E-state index contributed by atoms with van der Waals surface area (Å²) < 4.78 is 18.3. The van der Waals surface area contributed by atoms with Crippen LogP contribution in [0.25, 0.3) is 0 Å². The molecule has 4 nitrogen and oxygen atoms in total. The van der Waals surface area contributed by atoms with Gasteiger partial charge in [-0.15, -0.1) is 24.0 Å². The Bertz CT molecular complexity index is 707. The number of aryl methyl sites for hydroxylation is 1. The Morgan fingerprint density at radius 3 is 2.64 bits per heavy atom. The van der Waals surface area contributed by atoms with E-state index in [0.29, 0.717) is 6.54 Å². The molecule has 0 aliphatic heterocycles. The molecule has 0 radical (unpaired) electrons. The van der Waals surface area contributed by atoms with Crippen molar-refractivity contribution >= 4 is 29.9 Å². The van der Waals surface area contributed by atoms with E-state index in [1.165, 1.54) is 6.07 Å². The molecule has 0 atom stereocenters. The predicted molar refractivity (Wildman–Crippen MR) is 111 cm³/mol. The van der Waals surface area contributed by atoms with Gasteiger partial charge < -0.3 is 15.4 Å². The van der Waals surface area contributed by atoms with E-state index < -0.39 is 0 Å². The maximum atomic E-state index is 13.1. The molecule has 2 aromatic rings. The van der Waals surface area contributed by atoms with E-state index in [2.05, 4.69) is 15.6 Å². The normalized spacial score (nSPS) is 10.8.